The van der Waals surface area contributed by atoms with Crippen molar-refractivity contribution in [3.8, 4) is 0 Å². The van der Waals surface area contributed by atoms with E-state index in [0.717, 1.165) is 29.5 Å². The van der Waals surface area contributed by atoms with Crippen molar-refractivity contribution in [3.63, 3.8) is 0 Å². The molecule has 0 fully saturated rings. The number of benzene rings is 1. The number of nitrogens with zero attached hydrogens (tertiary/aromatic N) is 7. The molecule has 5 rings (SSSR count). The molecule has 0 bridgehead atoms. The molecule has 0 spiro atoms. The van der Waals surface area contributed by atoms with Gasteiger partial charge in [-0.3, -0.25) is 13.8 Å². The van der Waals surface area contributed by atoms with Crippen LogP contribution in [0.2, 0.25) is 0 Å². The second-order valence-electron chi connectivity index (χ2n) is 6.56. The molecule has 0 aliphatic heterocycles. The Hall–Kier alpha value is -2.98. The molecule has 29 heavy (non-hydrogen) atoms. The van der Waals surface area contributed by atoms with E-state index in [0.29, 0.717) is 16.9 Å². The van der Waals surface area contributed by atoms with Crippen LogP contribution >= 0.6 is 23.1 Å². The summed E-state index contributed by atoms with van der Waals surface area (Å²) in [5.41, 5.74) is 0.735. The van der Waals surface area contributed by atoms with E-state index in [4.69, 9.17) is 0 Å². The van der Waals surface area contributed by atoms with Crippen LogP contribution in [0.1, 0.15) is 10.7 Å². The Morgan fingerprint density at radius 1 is 1.10 bits per heavy atom. The molecular weight excluding hydrogens is 406 g/mol. The fourth-order valence-corrected chi connectivity index (χ4v) is 4.86. The molecule has 0 radical (unpaired) electrons. The SMILES string of the molecule is Cn1c(=O)c2ccccc2n2c(CSc3nncn3CCc3cccs3)nnc12. The van der Waals surface area contributed by atoms with E-state index in [1.54, 1.807) is 36.5 Å². The van der Waals surface area contributed by atoms with E-state index < -0.39 is 0 Å². The normalized spacial score (nSPS) is 11.6. The zero-order chi connectivity index (χ0) is 19.8. The van der Waals surface area contributed by atoms with Crippen molar-refractivity contribution in [2.45, 2.75) is 23.9 Å². The van der Waals surface area contributed by atoms with Crippen molar-refractivity contribution in [1.82, 2.24) is 33.9 Å². The van der Waals surface area contributed by atoms with Crippen LogP contribution in [-0.4, -0.2) is 33.9 Å². The molecule has 0 N–H and O–H groups in total. The van der Waals surface area contributed by atoms with E-state index >= 15 is 0 Å². The van der Waals surface area contributed by atoms with Crippen LogP contribution in [0.25, 0.3) is 16.7 Å². The van der Waals surface area contributed by atoms with Crippen molar-refractivity contribution in [2.75, 3.05) is 0 Å². The summed E-state index contributed by atoms with van der Waals surface area (Å²) in [5, 5.41) is 20.5. The predicted molar refractivity (Wildman–Crippen MR) is 113 cm³/mol. The Kier molecular flexibility index (Phi) is 4.64. The highest BCUT2D eigenvalue weighted by molar-refractivity contribution is 7.98. The first-order valence-corrected chi connectivity index (χ1v) is 10.9. The fraction of sp³-hybridized carbons (Fsp3) is 0.211. The lowest BCUT2D eigenvalue weighted by Gasteiger charge is -2.08. The average molecular weight is 424 g/mol. The van der Waals surface area contributed by atoms with Gasteiger partial charge in [-0.15, -0.1) is 31.7 Å². The van der Waals surface area contributed by atoms with Gasteiger partial charge in [0.15, 0.2) is 5.16 Å². The summed E-state index contributed by atoms with van der Waals surface area (Å²) >= 11 is 3.32. The maximum atomic E-state index is 12.6. The molecule has 0 saturated carbocycles. The third-order valence-corrected chi connectivity index (χ3v) is 6.70. The number of thioether (sulfide) groups is 1. The second-order valence-corrected chi connectivity index (χ2v) is 8.53. The van der Waals surface area contributed by atoms with Crippen LogP contribution in [0.15, 0.2) is 58.1 Å². The Labute approximate surface area is 173 Å². The lowest BCUT2D eigenvalue weighted by molar-refractivity contribution is 0.637. The van der Waals surface area contributed by atoms with E-state index in [9.17, 15) is 4.79 Å². The Morgan fingerprint density at radius 2 is 2.00 bits per heavy atom. The largest absolute Gasteiger partial charge is 0.308 e. The van der Waals surface area contributed by atoms with E-state index in [-0.39, 0.29) is 5.56 Å². The molecule has 4 heterocycles. The molecule has 1 aromatic carbocycles. The average Bonchev–Trinajstić information content (AvgIpc) is 3.49. The highest BCUT2D eigenvalue weighted by atomic mass is 32.2. The summed E-state index contributed by atoms with van der Waals surface area (Å²) in [7, 11) is 1.72. The Bertz CT molecular complexity index is 1350. The molecule has 0 atom stereocenters. The first kappa shape index (κ1) is 18.1. The number of hydrogen-bond donors (Lipinski definition) is 0. The van der Waals surface area contributed by atoms with Gasteiger partial charge in [0.2, 0.25) is 5.78 Å². The van der Waals surface area contributed by atoms with Crippen molar-refractivity contribution < 1.29 is 0 Å². The number of thiophene rings is 1. The van der Waals surface area contributed by atoms with Gasteiger partial charge in [-0.25, -0.2) is 0 Å². The molecule has 10 heteroatoms. The molecule has 0 unspecified atom stereocenters. The number of hydrogen-bond acceptors (Lipinski definition) is 7. The lowest BCUT2D eigenvalue weighted by Crippen LogP contribution is -2.20. The maximum absolute atomic E-state index is 12.6. The summed E-state index contributed by atoms with van der Waals surface area (Å²) in [6.45, 7) is 0.827. The lowest BCUT2D eigenvalue weighted by atomic mass is 10.2. The van der Waals surface area contributed by atoms with E-state index in [2.05, 4.69) is 42.5 Å². The van der Waals surface area contributed by atoms with Gasteiger partial charge in [0.25, 0.3) is 5.56 Å². The molecule has 0 aliphatic rings. The van der Waals surface area contributed by atoms with Gasteiger partial charge in [-0.05, 0) is 30.0 Å². The molecule has 0 aliphatic carbocycles. The van der Waals surface area contributed by atoms with Crippen molar-refractivity contribution >= 4 is 39.8 Å². The second kappa shape index (κ2) is 7.45. The maximum Gasteiger partial charge on any atom is 0.262 e. The fourth-order valence-electron chi connectivity index (χ4n) is 3.31. The van der Waals surface area contributed by atoms with Gasteiger partial charge in [-0.1, -0.05) is 30.0 Å². The highest BCUT2D eigenvalue weighted by Crippen LogP contribution is 2.22. The summed E-state index contributed by atoms with van der Waals surface area (Å²) in [5.74, 6) is 1.87. The summed E-state index contributed by atoms with van der Waals surface area (Å²) in [6, 6.07) is 11.7. The topological polar surface area (TPSA) is 82.9 Å². The molecule has 5 aromatic rings. The molecular formula is C19H17N7OS2. The van der Waals surface area contributed by atoms with Crippen LogP contribution < -0.4 is 5.56 Å². The van der Waals surface area contributed by atoms with Crippen molar-refractivity contribution in [3.05, 3.63) is 69.2 Å². The zero-order valence-corrected chi connectivity index (χ0v) is 17.2. The monoisotopic (exact) mass is 423 g/mol. The van der Waals surface area contributed by atoms with E-state index in [1.807, 2.05) is 28.7 Å². The minimum absolute atomic E-state index is 0.0759. The quantitative estimate of drug-likeness (QED) is 0.391. The third-order valence-electron chi connectivity index (χ3n) is 4.78. The third kappa shape index (κ3) is 3.23. The number of aryl methyl sites for hydroxylation is 3. The van der Waals surface area contributed by atoms with Gasteiger partial charge in [0, 0.05) is 18.5 Å². The highest BCUT2D eigenvalue weighted by Gasteiger charge is 2.15. The summed E-state index contributed by atoms with van der Waals surface area (Å²) in [4.78, 5) is 13.9. The van der Waals surface area contributed by atoms with Crippen molar-refractivity contribution in [2.24, 2.45) is 7.05 Å². The van der Waals surface area contributed by atoms with Gasteiger partial charge in [0.1, 0.15) is 12.2 Å². The van der Waals surface area contributed by atoms with Crippen LogP contribution in [0, 0.1) is 0 Å². The Balaban J connectivity index is 1.44. The first-order valence-electron chi connectivity index (χ1n) is 9.07. The predicted octanol–water partition coefficient (Wildman–Crippen LogP) is 2.77. The molecule has 8 nitrogen and oxygen atoms in total. The van der Waals surface area contributed by atoms with E-state index in [1.165, 1.54) is 9.44 Å². The number of rotatable bonds is 6. The van der Waals surface area contributed by atoms with Crippen LogP contribution in [-0.2, 0) is 25.8 Å². The van der Waals surface area contributed by atoms with Gasteiger partial charge in [-0.2, -0.15) is 0 Å². The van der Waals surface area contributed by atoms with Crippen molar-refractivity contribution in [1.29, 1.82) is 0 Å². The standard InChI is InChI=1S/C19H17N7OS2/c1-24-17(27)14-6-2-3-7-15(14)26-16(21-22-18(24)26)11-29-19-23-20-12-25(19)9-8-13-5-4-10-28-13/h2-7,10,12H,8-9,11H2,1H3. The summed E-state index contributed by atoms with van der Waals surface area (Å²) in [6.07, 6.45) is 2.71. The van der Waals surface area contributed by atoms with Gasteiger partial charge >= 0.3 is 0 Å². The minimum atomic E-state index is -0.0759. The Morgan fingerprint density at radius 3 is 2.86 bits per heavy atom. The smallest absolute Gasteiger partial charge is 0.262 e. The number of fused-ring (bicyclic) bond motifs is 3. The molecule has 146 valence electrons. The van der Waals surface area contributed by atoms with Crippen LogP contribution in [0.3, 0.4) is 0 Å². The zero-order valence-electron chi connectivity index (χ0n) is 15.6. The molecule has 4 aromatic heterocycles. The van der Waals surface area contributed by atoms with Gasteiger partial charge in [0.05, 0.1) is 16.7 Å². The number of para-hydroxylation sites is 1. The van der Waals surface area contributed by atoms with Gasteiger partial charge < -0.3 is 4.57 Å². The van der Waals surface area contributed by atoms with Crippen LogP contribution in [0.4, 0.5) is 0 Å². The molecule has 0 amide bonds. The first-order chi connectivity index (χ1) is 14.2. The summed E-state index contributed by atoms with van der Waals surface area (Å²) < 4.78 is 5.53. The van der Waals surface area contributed by atoms with Crippen LogP contribution in [0.5, 0.6) is 0 Å². The minimum Gasteiger partial charge on any atom is -0.308 e. The molecule has 0 saturated heterocycles. The number of aromatic nitrogens is 7.